The molecule has 3 N–H and O–H groups in total. The number of aromatic amines is 1. The van der Waals surface area contributed by atoms with Gasteiger partial charge in [0.15, 0.2) is 11.6 Å². The van der Waals surface area contributed by atoms with Gasteiger partial charge in [0, 0.05) is 11.5 Å². The Morgan fingerprint density at radius 1 is 1.23 bits per heavy atom. The number of rotatable bonds is 6. The molecule has 1 unspecified atom stereocenters. The fourth-order valence-corrected chi connectivity index (χ4v) is 3.39. The van der Waals surface area contributed by atoms with Gasteiger partial charge < -0.3 is 10.5 Å². The van der Waals surface area contributed by atoms with Gasteiger partial charge in [-0.25, -0.2) is 9.59 Å². The molecule has 1 heterocycles. The van der Waals surface area contributed by atoms with Gasteiger partial charge in [-0.1, -0.05) is 17.7 Å². The van der Waals surface area contributed by atoms with E-state index in [1.807, 2.05) is 0 Å². The van der Waals surface area contributed by atoms with E-state index in [9.17, 15) is 14.4 Å². The summed E-state index contributed by atoms with van der Waals surface area (Å²) in [6, 6.07) is 10.5. The lowest BCUT2D eigenvalue weighted by molar-refractivity contribution is -0.121. The van der Waals surface area contributed by atoms with Crippen molar-refractivity contribution in [3.05, 3.63) is 69.1 Å². The number of aromatic nitrogens is 3. The van der Waals surface area contributed by atoms with Gasteiger partial charge in [-0.2, -0.15) is 4.68 Å². The van der Waals surface area contributed by atoms with Crippen molar-refractivity contribution in [1.82, 2.24) is 14.8 Å². The SMILES string of the molecule is COC(=O)c1ccc(-n2nc(-c3cc(C(N)C(=O)C4CC4)ccc3Cl)[nH]c2=O)cc1. The van der Waals surface area contributed by atoms with Crippen molar-refractivity contribution in [2.75, 3.05) is 7.11 Å². The summed E-state index contributed by atoms with van der Waals surface area (Å²) < 4.78 is 5.83. The van der Waals surface area contributed by atoms with E-state index in [0.29, 0.717) is 27.4 Å². The maximum Gasteiger partial charge on any atom is 0.348 e. The minimum Gasteiger partial charge on any atom is -0.465 e. The van der Waals surface area contributed by atoms with Crippen LogP contribution in [0.15, 0.2) is 47.3 Å². The summed E-state index contributed by atoms with van der Waals surface area (Å²) >= 11 is 6.32. The lowest BCUT2D eigenvalue weighted by Crippen LogP contribution is -2.22. The summed E-state index contributed by atoms with van der Waals surface area (Å²) in [6.45, 7) is 0. The van der Waals surface area contributed by atoms with Gasteiger partial charge in [-0.05, 0) is 54.8 Å². The van der Waals surface area contributed by atoms with Crippen LogP contribution in [0, 0.1) is 5.92 Å². The highest BCUT2D eigenvalue weighted by atomic mass is 35.5. The van der Waals surface area contributed by atoms with Crippen molar-refractivity contribution >= 4 is 23.4 Å². The van der Waals surface area contributed by atoms with Crippen LogP contribution in [0.25, 0.3) is 17.1 Å². The summed E-state index contributed by atoms with van der Waals surface area (Å²) in [5.41, 5.74) is 7.55. The topological polar surface area (TPSA) is 120 Å². The molecule has 0 bridgehead atoms. The molecule has 2 aromatic carbocycles. The predicted molar refractivity (Wildman–Crippen MR) is 111 cm³/mol. The highest BCUT2D eigenvalue weighted by Crippen LogP contribution is 2.35. The summed E-state index contributed by atoms with van der Waals surface area (Å²) in [7, 11) is 1.29. The van der Waals surface area contributed by atoms with Gasteiger partial charge in [0.1, 0.15) is 0 Å². The monoisotopic (exact) mass is 426 g/mol. The first-order valence-corrected chi connectivity index (χ1v) is 9.74. The Hall–Kier alpha value is -3.23. The molecule has 154 valence electrons. The van der Waals surface area contributed by atoms with E-state index in [4.69, 9.17) is 17.3 Å². The van der Waals surface area contributed by atoms with Crippen molar-refractivity contribution in [3.63, 3.8) is 0 Å². The first-order chi connectivity index (χ1) is 14.4. The van der Waals surface area contributed by atoms with Crippen LogP contribution in [0.4, 0.5) is 0 Å². The van der Waals surface area contributed by atoms with Crippen molar-refractivity contribution in [3.8, 4) is 17.1 Å². The smallest absolute Gasteiger partial charge is 0.348 e. The average Bonchev–Trinajstić information content (AvgIpc) is 3.54. The van der Waals surface area contributed by atoms with Crippen LogP contribution in [-0.4, -0.2) is 33.6 Å². The highest BCUT2D eigenvalue weighted by Gasteiger charge is 2.34. The molecule has 1 atom stereocenters. The number of ketones is 1. The van der Waals surface area contributed by atoms with Crippen LogP contribution < -0.4 is 11.4 Å². The lowest BCUT2D eigenvalue weighted by Gasteiger charge is -2.12. The fourth-order valence-electron chi connectivity index (χ4n) is 3.18. The molecular weight excluding hydrogens is 408 g/mol. The minimum atomic E-state index is -0.742. The molecule has 0 aliphatic heterocycles. The number of halogens is 1. The van der Waals surface area contributed by atoms with Crippen molar-refractivity contribution in [2.45, 2.75) is 18.9 Å². The minimum absolute atomic E-state index is 0.00740. The average molecular weight is 427 g/mol. The molecule has 0 spiro atoms. The van der Waals surface area contributed by atoms with Gasteiger partial charge >= 0.3 is 11.7 Å². The fraction of sp³-hybridized carbons (Fsp3) is 0.238. The first-order valence-electron chi connectivity index (χ1n) is 9.36. The lowest BCUT2D eigenvalue weighted by atomic mass is 9.98. The third-order valence-electron chi connectivity index (χ3n) is 5.04. The molecule has 9 heteroatoms. The molecule has 4 rings (SSSR count). The van der Waals surface area contributed by atoms with Gasteiger partial charge in [0.05, 0.1) is 29.4 Å². The summed E-state index contributed by atoms with van der Waals surface area (Å²) in [5, 5.41) is 4.69. The molecule has 30 heavy (non-hydrogen) atoms. The van der Waals surface area contributed by atoms with Crippen LogP contribution in [0.2, 0.25) is 5.02 Å². The van der Waals surface area contributed by atoms with Crippen LogP contribution >= 0.6 is 11.6 Å². The first kappa shape index (κ1) is 20.1. The Morgan fingerprint density at radius 3 is 2.57 bits per heavy atom. The second kappa shape index (κ2) is 7.89. The number of carbonyl (C=O) groups is 2. The molecule has 8 nitrogen and oxygen atoms in total. The number of hydrogen-bond donors (Lipinski definition) is 2. The van der Waals surface area contributed by atoms with E-state index in [-0.39, 0.29) is 17.5 Å². The van der Waals surface area contributed by atoms with E-state index in [1.54, 1.807) is 30.3 Å². The van der Waals surface area contributed by atoms with Gasteiger partial charge in [0.2, 0.25) is 0 Å². The number of nitrogens with two attached hydrogens (primary N) is 1. The number of H-pyrrole nitrogens is 1. The number of methoxy groups -OCH3 is 1. The zero-order chi connectivity index (χ0) is 21.4. The molecule has 1 fully saturated rings. The number of benzene rings is 2. The zero-order valence-corrected chi connectivity index (χ0v) is 16.8. The van der Waals surface area contributed by atoms with Crippen LogP contribution in [0.5, 0.6) is 0 Å². The highest BCUT2D eigenvalue weighted by molar-refractivity contribution is 6.33. The second-order valence-corrected chi connectivity index (χ2v) is 7.53. The van der Waals surface area contributed by atoms with Gasteiger partial charge in [-0.3, -0.25) is 9.78 Å². The van der Waals surface area contributed by atoms with E-state index < -0.39 is 17.7 Å². The third kappa shape index (κ3) is 3.79. The van der Waals surface area contributed by atoms with Crippen molar-refractivity contribution in [2.24, 2.45) is 11.7 Å². The molecule has 0 saturated heterocycles. The van der Waals surface area contributed by atoms with E-state index in [2.05, 4.69) is 14.8 Å². The molecule has 3 aromatic rings. The van der Waals surface area contributed by atoms with Gasteiger partial charge in [0.25, 0.3) is 0 Å². The molecule has 0 radical (unpaired) electrons. The number of nitrogens with one attached hydrogen (secondary N) is 1. The number of ether oxygens (including phenoxy) is 1. The molecule has 1 aromatic heterocycles. The Balaban J connectivity index is 1.67. The number of hydrogen-bond acceptors (Lipinski definition) is 6. The van der Waals surface area contributed by atoms with E-state index >= 15 is 0 Å². The third-order valence-corrected chi connectivity index (χ3v) is 5.37. The quantitative estimate of drug-likeness (QED) is 0.584. The van der Waals surface area contributed by atoms with Crippen LogP contribution in [0.1, 0.15) is 34.8 Å². The van der Waals surface area contributed by atoms with Crippen molar-refractivity contribution in [1.29, 1.82) is 0 Å². The number of carbonyl (C=O) groups excluding carboxylic acids is 2. The number of Topliss-reactive ketones (excluding diaryl/α,β-unsaturated/α-hetero) is 1. The van der Waals surface area contributed by atoms with E-state index in [1.165, 1.54) is 19.2 Å². The summed E-state index contributed by atoms with van der Waals surface area (Å²) in [4.78, 5) is 39.0. The number of nitrogens with zero attached hydrogens (tertiary/aromatic N) is 2. The molecule has 1 saturated carbocycles. The predicted octanol–water partition coefficient (Wildman–Crippen LogP) is 2.65. The normalized spacial score (nSPS) is 14.4. The molecule has 1 aliphatic carbocycles. The van der Waals surface area contributed by atoms with Crippen LogP contribution in [0.3, 0.4) is 0 Å². The summed E-state index contributed by atoms with van der Waals surface area (Å²) in [6.07, 6.45) is 1.75. The Labute approximate surface area is 176 Å². The maximum atomic E-state index is 12.5. The molecule has 1 aliphatic rings. The second-order valence-electron chi connectivity index (χ2n) is 7.12. The van der Waals surface area contributed by atoms with Crippen LogP contribution in [-0.2, 0) is 9.53 Å². The van der Waals surface area contributed by atoms with Gasteiger partial charge in [-0.15, -0.1) is 5.10 Å². The standard InChI is InChI=1S/C21H19ClN4O4/c1-30-20(28)12-4-7-14(8-5-12)26-21(29)24-19(25-26)15-10-13(6-9-16(15)22)17(23)18(27)11-2-3-11/h4-11,17H,2-3,23H2,1H3,(H,24,25,29). The number of esters is 1. The Kier molecular flexibility index (Phi) is 5.27. The maximum absolute atomic E-state index is 12.5. The zero-order valence-electron chi connectivity index (χ0n) is 16.1. The van der Waals surface area contributed by atoms with E-state index in [0.717, 1.165) is 17.5 Å². The Morgan fingerprint density at radius 2 is 1.93 bits per heavy atom. The molecule has 0 amide bonds. The summed E-state index contributed by atoms with van der Waals surface area (Å²) in [5.74, 6) is -0.189. The Bertz CT molecular complexity index is 1180. The molecular formula is C21H19ClN4O4. The largest absolute Gasteiger partial charge is 0.465 e. The van der Waals surface area contributed by atoms with Crippen molar-refractivity contribution < 1.29 is 14.3 Å².